The Morgan fingerprint density at radius 2 is 2.08 bits per heavy atom. The van der Waals surface area contributed by atoms with Crippen molar-refractivity contribution in [2.45, 2.75) is 0 Å². The summed E-state index contributed by atoms with van der Waals surface area (Å²) in [6, 6.07) is 8.28. The van der Waals surface area contributed by atoms with Gasteiger partial charge < -0.3 is 19.4 Å². The average Bonchev–Trinajstić information content (AvgIpc) is 3.12. The molecule has 3 aromatic rings. The summed E-state index contributed by atoms with van der Waals surface area (Å²) in [5.74, 6) is 0.874. The fraction of sp³-hybridized carbons (Fsp3) is 0.294. The second kappa shape index (κ2) is 7.36. The van der Waals surface area contributed by atoms with Crippen LogP contribution in [0.15, 0.2) is 35.6 Å². The van der Waals surface area contributed by atoms with Crippen molar-refractivity contribution in [3.8, 4) is 6.01 Å². The first kappa shape index (κ1) is 16.3. The molecule has 0 bridgehead atoms. The van der Waals surface area contributed by atoms with Gasteiger partial charge in [0.15, 0.2) is 0 Å². The maximum Gasteiger partial charge on any atom is 0.322 e. The first-order valence-corrected chi connectivity index (χ1v) is 8.31. The third-order valence-electron chi connectivity index (χ3n) is 4.07. The molecule has 4 rings (SSSR count). The molecule has 0 atom stereocenters. The number of anilines is 2. The number of morpholine rings is 1. The molecule has 1 aliphatic heterocycles. The molecule has 9 heteroatoms. The van der Waals surface area contributed by atoms with Crippen LogP contribution in [0.3, 0.4) is 0 Å². The van der Waals surface area contributed by atoms with Crippen molar-refractivity contribution in [2.75, 3.05) is 43.7 Å². The van der Waals surface area contributed by atoms with Crippen molar-refractivity contribution in [1.82, 2.24) is 19.9 Å². The van der Waals surface area contributed by atoms with Gasteiger partial charge in [0.2, 0.25) is 5.95 Å². The molecule has 0 aliphatic carbocycles. The maximum atomic E-state index is 5.36. The summed E-state index contributed by atoms with van der Waals surface area (Å²) in [6.07, 6.45) is 3.63. The van der Waals surface area contributed by atoms with Crippen LogP contribution in [0.2, 0.25) is 0 Å². The number of aromatic nitrogens is 4. The van der Waals surface area contributed by atoms with Crippen molar-refractivity contribution in [3.63, 3.8) is 0 Å². The lowest BCUT2D eigenvalue weighted by Crippen LogP contribution is -2.37. The Kier molecular flexibility index (Phi) is 4.61. The number of para-hydroxylation sites is 1. The number of hydrogen-bond donors (Lipinski definition) is 2. The molecule has 26 heavy (non-hydrogen) atoms. The molecule has 0 spiro atoms. The number of hydrazone groups is 1. The van der Waals surface area contributed by atoms with Crippen LogP contribution in [0.4, 0.5) is 11.9 Å². The van der Waals surface area contributed by atoms with Crippen LogP contribution < -0.4 is 15.1 Å². The van der Waals surface area contributed by atoms with Crippen LogP contribution in [-0.2, 0) is 4.74 Å². The number of fused-ring (bicyclic) bond motifs is 1. The first-order valence-electron chi connectivity index (χ1n) is 8.31. The van der Waals surface area contributed by atoms with E-state index in [0.29, 0.717) is 25.1 Å². The number of ether oxygens (including phenoxy) is 2. The number of hydrogen-bond acceptors (Lipinski definition) is 8. The number of benzene rings is 1. The van der Waals surface area contributed by atoms with Gasteiger partial charge in [0.25, 0.3) is 5.95 Å². The molecule has 1 fully saturated rings. The Morgan fingerprint density at radius 3 is 2.92 bits per heavy atom. The van der Waals surface area contributed by atoms with Crippen molar-refractivity contribution in [2.24, 2.45) is 5.10 Å². The lowest BCUT2D eigenvalue weighted by molar-refractivity contribution is 0.122. The van der Waals surface area contributed by atoms with Crippen molar-refractivity contribution < 1.29 is 9.47 Å². The topological polar surface area (TPSA) is 101 Å². The van der Waals surface area contributed by atoms with Gasteiger partial charge in [0, 0.05) is 35.8 Å². The van der Waals surface area contributed by atoms with Gasteiger partial charge in [-0.3, -0.25) is 0 Å². The third-order valence-corrected chi connectivity index (χ3v) is 4.07. The Hall–Kier alpha value is -3.20. The molecular formula is C17H19N7O2. The fourth-order valence-electron chi connectivity index (χ4n) is 2.75. The highest BCUT2D eigenvalue weighted by molar-refractivity contribution is 5.99. The molecule has 0 amide bonds. The third kappa shape index (κ3) is 3.42. The summed E-state index contributed by atoms with van der Waals surface area (Å²) in [5, 5.41) is 5.35. The number of nitrogens with one attached hydrogen (secondary N) is 2. The summed E-state index contributed by atoms with van der Waals surface area (Å²) in [7, 11) is 1.53. The minimum Gasteiger partial charge on any atom is -0.467 e. The molecule has 2 aromatic heterocycles. The quantitative estimate of drug-likeness (QED) is 0.531. The Labute approximate surface area is 150 Å². The highest BCUT2D eigenvalue weighted by atomic mass is 16.5. The summed E-state index contributed by atoms with van der Waals surface area (Å²) in [5.41, 5.74) is 4.89. The first-order chi connectivity index (χ1) is 12.8. The zero-order valence-corrected chi connectivity index (χ0v) is 14.3. The molecule has 1 aliphatic rings. The number of nitrogens with zero attached hydrogens (tertiary/aromatic N) is 5. The standard InChI is InChI=1S/C17H19N7O2/c1-25-17-21-15(20-16(22-17)24-6-8-26-9-7-24)23-19-11-12-10-18-14-5-3-2-4-13(12)14/h2-5,10-11,18H,6-9H2,1H3,(H,20,21,22,23)/b19-11+. The second-order valence-electron chi connectivity index (χ2n) is 5.70. The van der Waals surface area contributed by atoms with Gasteiger partial charge in [-0.2, -0.15) is 20.1 Å². The zero-order valence-electron chi connectivity index (χ0n) is 14.3. The van der Waals surface area contributed by atoms with Gasteiger partial charge in [-0.1, -0.05) is 18.2 Å². The normalized spacial score (nSPS) is 14.9. The highest BCUT2D eigenvalue weighted by Crippen LogP contribution is 2.17. The zero-order chi connectivity index (χ0) is 17.8. The van der Waals surface area contributed by atoms with E-state index in [2.05, 4.69) is 30.5 Å². The predicted molar refractivity (Wildman–Crippen MR) is 98.9 cm³/mol. The second-order valence-corrected chi connectivity index (χ2v) is 5.70. The Morgan fingerprint density at radius 1 is 1.23 bits per heavy atom. The van der Waals surface area contributed by atoms with Crippen molar-refractivity contribution in [3.05, 3.63) is 36.0 Å². The number of H-pyrrole nitrogens is 1. The lowest BCUT2D eigenvalue weighted by atomic mass is 10.2. The Bertz CT molecular complexity index is 918. The minimum absolute atomic E-state index is 0.242. The van der Waals surface area contributed by atoms with E-state index < -0.39 is 0 Å². The van der Waals surface area contributed by atoms with Gasteiger partial charge in [-0.05, 0) is 6.07 Å². The summed E-state index contributed by atoms with van der Waals surface area (Å²) < 4.78 is 10.5. The monoisotopic (exact) mass is 353 g/mol. The van der Waals surface area contributed by atoms with E-state index in [1.54, 1.807) is 6.21 Å². The number of rotatable bonds is 5. The van der Waals surface area contributed by atoms with Crippen LogP contribution in [-0.4, -0.2) is 59.6 Å². The smallest absolute Gasteiger partial charge is 0.322 e. The molecule has 1 aromatic carbocycles. The molecule has 0 radical (unpaired) electrons. The van der Waals surface area contributed by atoms with E-state index in [4.69, 9.17) is 9.47 Å². The van der Waals surface area contributed by atoms with Crippen molar-refractivity contribution >= 4 is 29.0 Å². The van der Waals surface area contributed by atoms with Crippen molar-refractivity contribution in [1.29, 1.82) is 0 Å². The van der Waals surface area contributed by atoms with Crippen LogP contribution in [0.25, 0.3) is 10.9 Å². The SMILES string of the molecule is COc1nc(N/N=C/c2c[nH]c3ccccc23)nc(N2CCOCC2)n1. The van der Waals surface area contributed by atoms with E-state index in [0.717, 1.165) is 29.6 Å². The van der Waals surface area contributed by atoms with E-state index in [1.807, 2.05) is 35.4 Å². The van der Waals surface area contributed by atoms with Crippen LogP contribution in [0.1, 0.15) is 5.56 Å². The van der Waals surface area contributed by atoms with Gasteiger partial charge in [-0.15, -0.1) is 0 Å². The number of aromatic amines is 1. The summed E-state index contributed by atoms with van der Waals surface area (Å²) in [4.78, 5) is 18.2. The summed E-state index contributed by atoms with van der Waals surface area (Å²) in [6.45, 7) is 2.75. The van der Waals surface area contributed by atoms with Gasteiger partial charge in [0.05, 0.1) is 26.5 Å². The maximum absolute atomic E-state index is 5.36. The van der Waals surface area contributed by atoms with Gasteiger partial charge >= 0.3 is 6.01 Å². The van der Waals surface area contributed by atoms with Gasteiger partial charge in [0.1, 0.15) is 0 Å². The molecule has 0 unspecified atom stereocenters. The van der Waals surface area contributed by atoms with E-state index >= 15 is 0 Å². The van der Waals surface area contributed by atoms with Crippen LogP contribution in [0.5, 0.6) is 6.01 Å². The molecule has 3 heterocycles. The molecular weight excluding hydrogens is 334 g/mol. The highest BCUT2D eigenvalue weighted by Gasteiger charge is 2.16. The molecule has 134 valence electrons. The van der Waals surface area contributed by atoms with E-state index in [-0.39, 0.29) is 6.01 Å². The number of methoxy groups -OCH3 is 1. The van der Waals surface area contributed by atoms with Crippen LogP contribution in [0, 0.1) is 0 Å². The Balaban J connectivity index is 1.53. The van der Waals surface area contributed by atoms with E-state index in [9.17, 15) is 0 Å². The lowest BCUT2D eigenvalue weighted by Gasteiger charge is -2.26. The molecule has 0 saturated carbocycles. The summed E-state index contributed by atoms with van der Waals surface area (Å²) >= 11 is 0. The minimum atomic E-state index is 0.242. The van der Waals surface area contributed by atoms with E-state index in [1.165, 1.54) is 7.11 Å². The average molecular weight is 353 g/mol. The molecule has 1 saturated heterocycles. The molecule has 9 nitrogen and oxygen atoms in total. The predicted octanol–water partition coefficient (Wildman–Crippen LogP) is 1.64. The van der Waals surface area contributed by atoms with Gasteiger partial charge in [-0.25, -0.2) is 5.43 Å². The fourth-order valence-corrected chi connectivity index (χ4v) is 2.75. The largest absolute Gasteiger partial charge is 0.467 e. The molecule has 2 N–H and O–H groups in total. The van der Waals surface area contributed by atoms with Crippen LogP contribution >= 0.6 is 0 Å².